The molecule has 0 amide bonds. The van der Waals surface area contributed by atoms with Crippen LogP contribution in [0.25, 0.3) is 28.0 Å². The van der Waals surface area contributed by atoms with Gasteiger partial charge in [-0.2, -0.15) is 5.10 Å². The van der Waals surface area contributed by atoms with E-state index in [2.05, 4.69) is 15.1 Å². The predicted octanol–water partition coefficient (Wildman–Crippen LogP) is 5.93. The van der Waals surface area contributed by atoms with Crippen molar-refractivity contribution in [3.8, 4) is 17.1 Å². The molecule has 1 fully saturated rings. The molecule has 4 nitrogen and oxygen atoms in total. The molecular weight excluding hydrogens is 396 g/mol. The van der Waals surface area contributed by atoms with Crippen LogP contribution in [-0.4, -0.2) is 25.7 Å². The highest BCUT2D eigenvalue weighted by molar-refractivity contribution is 5.84. The van der Waals surface area contributed by atoms with E-state index in [1.165, 1.54) is 16.8 Å². The van der Waals surface area contributed by atoms with Crippen LogP contribution < -0.4 is 0 Å². The maximum atomic E-state index is 13.1. The van der Waals surface area contributed by atoms with Gasteiger partial charge in [0.25, 0.3) is 6.43 Å². The number of nitrogens with zero attached hydrogens (tertiary/aromatic N) is 4. The van der Waals surface area contributed by atoms with E-state index < -0.39 is 12.3 Å². The van der Waals surface area contributed by atoms with Crippen molar-refractivity contribution in [3.63, 3.8) is 0 Å². The van der Waals surface area contributed by atoms with Gasteiger partial charge in [-0.05, 0) is 35.7 Å². The van der Waals surface area contributed by atoms with Crippen LogP contribution in [0.15, 0.2) is 60.9 Å². The van der Waals surface area contributed by atoms with E-state index in [1.54, 1.807) is 18.5 Å². The highest BCUT2D eigenvalue weighted by atomic mass is 19.3. The van der Waals surface area contributed by atoms with Crippen LogP contribution in [0.5, 0.6) is 0 Å². The molecule has 3 heterocycles. The zero-order chi connectivity index (χ0) is 20.9. The fourth-order valence-corrected chi connectivity index (χ4v) is 3.75. The minimum atomic E-state index is -2.67. The van der Waals surface area contributed by atoms with E-state index in [9.17, 15) is 17.6 Å². The molecule has 1 aliphatic carbocycles. The fraction of sp³-hybridized carbons (Fsp3) is 0.227. The summed E-state index contributed by atoms with van der Waals surface area (Å²) >= 11 is 0. The van der Waals surface area contributed by atoms with Crippen molar-refractivity contribution >= 4 is 10.9 Å². The Kier molecular flexibility index (Phi) is 4.30. The van der Waals surface area contributed by atoms with Gasteiger partial charge in [-0.1, -0.05) is 24.3 Å². The third-order valence-corrected chi connectivity index (χ3v) is 5.41. The number of aromatic nitrogens is 4. The molecule has 30 heavy (non-hydrogen) atoms. The predicted molar refractivity (Wildman–Crippen MR) is 104 cm³/mol. The van der Waals surface area contributed by atoms with Gasteiger partial charge in [0.05, 0.1) is 17.4 Å². The molecule has 1 aromatic carbocycles. The summed E-state index contributed by atoms with van der Waals surface area (Å²) in [6.45, 7) is 0. The standard InChI is InChI=1S/C22H16F4N4/c23-21(24)18-2-1-3-20(29-18)30-19-8-13(4-5-15(19)12-28-30)17-7-6-14(11-27-17)16-9-22(25,26)10-16/h1-8,11-12,16,21H,9-10H2. The van der Waals surface area contributed by atoms with Crippen LogP contribution in [0.2, 0.25) is 0 Å². The second-order valence-electron chi connectivity index (χ2n) is 7.49. The van der Waals surface area contributed by atoms with Crippen LogP contribution >= 0.6 is 0 Å². The minimum Gasteiger partial charge on any atom is -0.256 e. The molecule has 0 N–H and O–H groups in total. The molecule has 0 radical (unpaired) electrons. The van der Waals surface area contributed by atoms with Crippen molar-refractivity contribution in [2.45, 2.75) is 31.1 Å². The average Bonchev–Trinajstić information content (AvgIpc) is 3.15. The Morgan fingerprint density at radius 2 is 1.83 bits per heavy atom. The summed E-state index contributed by atoms with van der Waals surface area (Å²) in [7, 11) is 0. The fourth-order valence-electron chi connectivity index (χ4n) is 3.75. The smallest absolute Gasteiger partial charge is 0.256 e. The monoisotopic (exact) mass is 412 g/mol. The maximum Gasteiger partial charge on any atom is 0.280 e. The van der Waals surface area contributed by atoms with Gasteiger partial charge >= 0.3 is 0 Å². The number of pyridine rings is 2. The Labute approximate surface area is 169 Å². The molecule has 5 rings (SSSR count). The number of hydrogen-bond acceptors (Lipinski definition) is 3. The Morgan fingerprint density at radius 3 is 2.53 bits per heavy atom. The van der Waals surface area contributed by atoms with Crippen molar-refractivity contribution < 1.29 is 17.6 Å². The number of alkyl halides is 4. The van der Waals surface area contributed by atoms with Gasteiger partial charge in [0.15, 0.2) is 5.82 Å². The quantitative estimate of drug-likeness (QED) is 0.390. The summed E-state index contributed by atoms with van der Waals surface area (Å²) in [5, 5.41) is 5.12. The lowest BCUT2D eigenvalue weighted by atomic mass is 9.77. The van der Waals surface area contributed by atoms with Gasteiger partial charge in [-0.15, -0.1) is 0 Å². The SMILES string of the molecule is FC(F)c1cccc(-n2ncc3ccc(-c4ccc(C5CC(F)(F)C5)cn4)cc32)n1. The molecule has 0 bridgehead atoms. The number of hydrogen-bond donors (Lipinski definition) is 0. The largest absolute Gasteiger partial charge is 0.280 e. The van der Waals surface area contributed by atoms with E-state index in [0.717, 1.165) is 16.5 Å². The molecule has 1 saturated carbocycles. The van der Waals surface area contributed by atoms with E-state index in [4.69, 9.17) is 0 Å². The molecule has 152 valence electrons. The lowest BCUT2D eigenvalue weighted by molar-refractivity contribution is -0.0868. The minimum absolute atomic E-state index is 0.135. The first kappa shape index (κ1) is 18.7. The van der Waals surface area contributed by atoms with E-state index >= 15 is 0 Å². The highest BCUT2D eigenvalue weighted by Crippen LogP contribution is 2.48. The van der Waals surface area contributed by atoms with Crippen molar-refractivity contribution in [2.75, 3.05) is 0 Å². The van der Waals surface area contributed by atoms with Crippen LogP contribution in [0.4, 0.5) is 17.6 Å². The zero-order valence-electron chi connectivity index (χ0n) is 15.6. The third kappa shape index (κ3) is 3.32. The average molecular weight is 412 g/mol. The van der Waals surface area contributed by atoms with Crippen molar-refractivity contribution in [1.29, 1.82) is 0 Å². The van der Waals surface area contributed by atoms with Crippen LogP contribution in [0.1, 0.15) is 36.4 Å². The summed E-state index contributed by atoms with van der Waals surface area (Å²) in [6.07, 6.45) is 0.349. The van der Waals surface area contributed by atoms with E-state index in [0.29, 0.717) is 17.0 Å². The molecule has 3 aromatic heterocycles. The van der Waals surface area contributed by atoms with Crippen LogP contribution in [0.3, 0.4) is 0 Å². The third-order valence-electron chi connectivity index (χ3n) is 5.41. The molecule has 0 aliphatic heterocycles. The van der Waals surface area contributed by atoms with Crippen molar-refractivity contribution in [2.24, 2.45) is 0 Å². The molecule has 8 heteroatoms. The Hall–Kier alpha value is -3.29. The lowest BCUT2D eigenvalue weighted by Crippen LogP contribution is -2.33. The summed E-state index contributed by atoms with van der Waals surface area (Å²) < 4.78 is 53.7. The van der Waals surface area contributed by atoms with Gasteiger partial charge in [0.2, 0.25) is 5.92 Å². The van der Waals surface area contributed by atoms with Gasteiger partial charge in [-0.25, -0.2) is 27.2 Å². The van der Waals surface area contributed by atoms with Crippen molar-refractivity contribution in [1.82, 2.24) is 19.7 Å². The molecule has 4 aromatic rings. The molecular formula is C22H16F4N4. The Morgan fingerprint density at radius 1 is 1.00 bits per heavy atom. The number of benzene rings is 1. The summed E-state index contributed by atoms with van der Waals surface area (Å²) in [5.41, 5.74) is 2.69. The zero-order valence-corrected chi connectivity index (χ0v) is 15.6. The van der Waals surface area contributed by atoms with Crippen LogP contribution in [0, 0.1) is 0 Å². The first-order valence-corrected chi connectivity index (χ1v) is 9.47. The summed E-state index contributed by atoms with van der Waals surface area (Å²) in [4.78, 5) is 8.44. The highest BCUT2D eigenvalue weighted by Gasteiger charge is 2.45. The molecule has 1 aliphatic rings. The topological polar surface area (TPSA) is 43.6 Å². The molecule has 0 unspecified atom stereocenters. The van der Waals surface area contributed by atoms with Crippen LogP contribution in [-0.2, 0) is 0 Å². The summed E-state index contributed by atoms with van der Waals surface area (Å²) in [5.74, 6) is -2.42. The first-order valence-electron chi connectivity index (χ1n) is 9.47. The molecule has 0 saturated heterocycles. The number of rotatable bonds is 4. The number of fused-ring (bicyclic) bond motifs is 1. The van der Waals surface area contributed by atoms with Gasteiger partial charge in [0.1, 0.15) is 5.69 Å². The Bertz CT molecular complexity index is 1210. The number of halogens is 4. The van der Waals surface area contributed by atoms with Gasteiger partial charge in [-0.3, -0.25) is 4.98 Å². The second-order valence-corrected chi connectivity index (χ2v) is 7.49. The van der Waals surface area contributed by atoms with E-state index in [1.807, 2.05) is 30.3 Å². The van der Waals surface area contributed by atoms with Gasteiger partial charge < -0.3 is 0 Å². The summed E-state index contributed by atoms with van der Waals surface area (Å²) in [6, 6.07) is 13.7. The molecule has 0 spiro atoms. The van der Waals surface area contributed by atoms with Crippen molar-refractivity contribution in [3.05, 3.63) is 72.2 Å². The first-order chi connectivity index (χ1) is 14.4. The maximum absolute atomic E-state index is 13.1. The Balaban J connectivity index is 1.48. The lowest BCUT2D eigenvalue weighted by Gasteiger charge is -2.35. The van der Waals surface area contributed by atoms with E-state index in [-0.39, 0.29) is 24.5 Å². The normalized spacial score (nSPS) is 16.2. The van der Waals surface area contributed by atoms with Gasteiger partial charge in [0, 0.05) is 30.0 Å². The second kappa shape index (κ2) is 6.90. The molecule has 0 atom stereocenters.